The number of halogens is 2. The van der Waals surface area contributed by atoms with Crippen molar-refractivity contribution in [2.24, 2.45) is 22.7 Å². The zero-order valence-corrected chi connectivity index (χ0v) is 17.8. The summed E-state index contributed by atoms with van der Waals surface area (Å²) in [6.45, 7) is 4.43. The molecular weight excluding hydrogens is 403 g/mol. The molecule has 3 N–H and O–H groups in total. The van der Waals surface area contributed by atoms with Crippen LogP contribution >= 0.6 is 11.6 Å². The number of Topliss-reactive ketones (excluding diaryl/α,β-unsaturated/α-hetero) is 3. The average Bonchev–Trinajstić information content (AvgIpc) is 2.85. The third-order valence-electron chi connectivity index (χ3n) is 8.44. The summed E-state index contributed by atoms with van der Waals surface area (Å²) < 4.78 is 16.8. The number of alkyl halides is 2. The van der Waals surface area contributed by atoms with Gasteiger partial charge in [-0.25, -0.2) is 4.39 Å². The highest BCUT2D eigenvalue weighted by Gasteiger charge is 2.76. The molecule has 3 aliphatic carbocycles. The SMILES string of the molecule is CC(=O)CC[C@@]1(C)C(=O)CC[C@H]2[C@@H]3C[C@@H](O)[C@](O)(C(=O)CCl)[C@@]3(C)C[C@H](O)[C@@]21F. The fraction of sp³-hybridized carbons (Fsp3) is 0.857. The van der Waals surface area contributed by atoms with E-state index in [1.165, 1.54) is 13.8 Å². The van der Waals surface area contributed by atoms with E-state index < -0.39 is 57.8 Å². The van der Waals surface area contributed by atoms with Crippen LogP contribution in [-0.4, -0.2) is 62.0 Å². The molecule has 0 saturated heterocycles. The lowest BCUT2D eigenvalue weighted by Crippen LogP contribution is -2.71. The molecule has 8 atom stereocenters. The molecule has 0 spiro atoms. The van der Waals surface area contributed by atoms with Gasteiger partial charge in [0.25, 0.3) is 0 Å². The van der Waals surface area contributed by atoms with Gasteiger partial charge in [0.2, 0.25) is 0 Å². The van der Waals surface area contributed by atoms with E-state index in [4.69, 9.17) is 11.6 Å². The van der Waals surface area contributed by atoms with Gasteiger partial charge in [-0.2, -0.15) is 0 Å². The molecule has 164 valence electrons. The predicted molar refractivity (Wildman–Crippen MR) is 103 cm³/mol. The molecule has 0 aromatic carbocycles. The monoisotopic (exact) mass is 432 g/mol. The lowest BCUT2D eigenvalue weighted by Gasteiger charge is -2.61. The van der Waals surface area contributed by atoms with Crippen molar-refractivity contribution in [3.8, 4) is 0 Å². The molecule has 0 unspecified atom stereocenters. The van der Waals surface area contributed by atoms with Crippen molar-refractivity contribution in [1.82, 2.24) is 0 Å². The highest BCUT2D eigenvalue weighted by molar-refractivity contribution is 6.29. The Kier molecular flexibility index (Phi) is 5.56. The maximum Gasteiger partial charge on any atom is 0.182 e. The summed E-state index contributed by atoms with van der Waals surface area (Å²) >= 11 is 5.68. The Morgan fingerprint density at radius 2 is 1.83 bits per heavy atom. The van der Waals surface area contributed by atoms with Crippen LogP contribution in [0.15, 0.2) is 0 Å². The Morgan fingerprint density at radius 1 is 1.21 bits per heavy atom. The third kappa shape index (κ3) is 2.73. The summed E-state index contributed by atoms with van der Waals surface area (Å²) in [6, 6.07) is 0. The molecular formula is C21H30ClFO6. The number of aliphatic hydroxyl groups excluding tert-OH is 2. The van der Waals surface area contributed by atoms with Crippen molar-refractivity contribution in [2.45, 2.75) is 82.8 Å². The molecule has 6 nitrogen and oxygen atoms in total. The smallest absolute Gasteiger partial charge is 0.182 e. The van der Waals surface area contributed by atoms with Crippen molar-refractivity contribution >= 4 is 29.0 Å². The molecule has 0 radical (unpaired) electrons. The molecule has 3 saturated carbocycles. The van der Waals surface area contributed by atoms with Gasteiger partial charge in [-0.05, 0) is 45.4 Å². The second-order valence-corrected chi connectivity index (χ2v) is 9.96. The van der Waals surface area contributed by atoms with Crippen molar-refractivity contribution in [2.75, 3.05) is 5.88 Å². The molecule has 0 bridgehead atoms. The lowest BCUT2D eigenvalue weighted by atomic mass is 9.45. The summed E-state index contributed by atoms with van der Waals surface area (Å²) in [5.41, 5.74) is -7.32. The fourth-order valence-electron chi connectivity index (χ4n) is 6.67. The minimum Gasteiger partial charge on any atom is -0.390 e. The Labute approximate surface area is 174 Å². The first-order chi connectivity index (χ1) is 13.3. The predicted octanol–water partition coefficient (Wildman–Crippen LogP) is 1.74. The summed E-state index contributed by atoms with van der Waals surface area (Å²) in [5, 5.41) is 32.8. The summed E-state index contributed by atoms with van der Waals surface area (Å²) in [5.74, 6) is -3.21. The Morgan fingerprint density at radius 3 is 2.38 bits per heavy atom. The summed E-state index contributed by atoms with van der Waals surface area (Å²) in [6.07, 6.45) is -3.12. The highest BCUT2D eigenvalue weighted by Crippen LogP contribution is 2.68. The maximum absolute atomic E-state index is 16.8. The maximum atomic E-state index is 16.8. The highest BCUT2D eigenvalue weighted by atomic mass is 35.5. The van der Waals surface area contributed by atoms with Gasteiger partial charge in [-0.1, -0.05) is 6.92 Å². The van der Waals surface area contributed by atoms with Gasteiger partial charge in [0.1, 0.15) is 11.6 Å². The average molecular weight is 433 g/mol. The van der Waals surface area contributed by atoms with E-state index in [0.717, 1.165) is 0 Å². The summed E-state index contributed by atoms with van der Waals surface area (Å²) in [4.78, 5) is 36.9. The van der Waals surface area contributed by atoms with Crippen LogP contribution in [0.1, 0.15) is 59.3 Å². The van der Waals surface area contributed by atoms with Crippen molar-refractivity contribution in [3.63, 3.8) is 0 Å². The largest absolute Gasteiger partial charge is 0.390 e. The fourth-order valence-corrected chi connectivity index (χ4v) is 6.87. The van der Waals surface area contributed by atoms with Crippen LogP contribution in [0.3, 0.4) is 0 Å². The third-order valence-corrected chi connectivity index (χ3v) is 8.69. The van der Waals surface area contributed by atoms with E-state index in [9.17, 15) is 29.7 Å². The number of hydrogen-bond acceptors (Lipinski definition) is 6. The van der Waals surface area contributed by atoms with Crippen molar-refractivity contribution < 1.29 is 34.1 Å². The van der Waals surface area contributed by atoms with Crippen LogP contribution in [0, 0.1) is 22.7 Å². The topological polar surface area (TPSA) is 112 Å². The van der Waals surface area contributed by atoms with E-state index in [2.05, 4.69) is 0 Å². The number of ketones is 3. The Bertz CT molecular complexity index is 745. The molecule has 3 fully saturated rings. The number of carbonyl (C=O) groups excluding carboxylic acids is 3. The van der Waals surface area contributed by atoms with E-state index >= 15 is 4.39 Å². The minimum absolute atomic E-state index is 0.0118. The lowest BCUT2D eigenvalue weighted by molar-refractivity contribution is -0.234. The quantitative estimate of drug-likeness (QED) is 0.570. The molecule has 0 aliphatic heterocycles. The molecule has 29 heavy (non-hydrogen) atoms. The van der Waals surface area contributed by atoms with Gasteiger partial charge in [-0.3, -0.25) is 9.59 Å². The first-order valence-electron chi connectivity index (χ1n) is 10.2. The van der Waals surface area contributed by atoms with Gasteiger partial charge in [0.05, 0.1) is 23.5 Å². The Hall–Kier alpha value is -0.890. The number of fused-ring (bicyclic) bond motifs is 3. The molecule has 0 amide bonds. The zero-order chi connectivity index (χ0) is 22.0. The number of rotatable bonds is 5. The van der Waals surface area contributed by atoms with E-state index in [1.807, 2.05) is 0 Å². The first-order valence-corrected chi connectivity index (χ1v) is 10.7. The van der Waals surface area contributed by atoms with E-state index in [-0.39, 0.29) is 50.1 Å². The zero-order valence-electron chi connectivity index (χ0n) is 17.1. The standard InChI is InChI=1S/C21H30ClFO6/c1-11(24)6-7-18(2)14(25)5-4-12-13-8-15(26)21(29,17(28)10-22)19(13,3)9-16(27)20(12,18)23/h12-13,15-16,26-27,29H,4-10H2,1-3H3/t12-,13-,15+,16-,18-,19-,20-,21-/m0/s1. The van der Waals surface area contributed by atoms with Gasteiger partial charge in [0.15, 0.2) is 17.1 Å². The normalized spacial score (nSPS) is 49.4. The number of aliphatic hydroxyl groups is 3. The molecule has 0 heterocycles. The second-order valence-electron chi connectivity index (χ2n) is 9.69. The van der Waals surface area contributed by atoms with Crippen molar-refractivity contribution in [3.05, 3.63) is 0 Å². The van der Waals surface area contributed by atoms with Crippen LogP contribution in [0.5, 0.6) is 0 Å². The van der Waals surface area contributed by atoms with E-state index in [0.29, 0.717) is 0 Å². The molecule has 0 aromatic heterocycles. The van der Waals surface area contributed by atoms with Crippen LogP contribution in [-0.2, 0) is 14.4 Å². The molecule has 3 rings (SSSR count). The first kappa shape index (κ1) is 22.8. The van der Waals surface area contributed by atoms with Gasteiger partial charge in [-0.15, -0.1) is 11.6 Å². The van der Waals surface area contributed by atoms with Gasteiger partial charge in [0, 0.05) is 24.2 Å². The van der Waals surface area contributed by atoms with Crippen LogP contribution in [0.25, 0.3) is 0 Å². The van der Waals surface area contributed by atoms with E-state index in [1.54, 1.807) is 6.92 Å². The van der Waals surface area contributed by atoms with Gasteiger partial charge < -0.3 is 20.1 Å². The number of hydrogen-bond donors (Lipinski definition) is 3. The second kappa shape index (κ2) is 7.08. The minimum atomic E-state index is -2.31. The molecule has 3 aliphatic rings. The Balaban J connectivity index is 2.09. The van der Waals surface area contributed by atoms with Gasteiger partial charge >= 0.3 is 0 Å². The molecule has 8 heteroatoms. The van der Waals surface area contributed by atoms with Crippen LogP contribution in [0.2, 0.25) is 0 Å². The van der Waals surface area contributed by atoms with Crippen LogP contribution in [0.4, 0.5) is 4.39 Å². The van der Waals surface area contributed by atoms with Crippen LogP contribution < -0.4 is 0 Å². The van der Waals surface area contributed by atoms with Crippen molar-refractivity contribution in [1.29, 1.82) is 0 Å². The summed E-state index contributed by atoms with van der Waals surface area (Å²) in [7, 11) is 0. The molecule has 0 aromatic rings. The number of carbonyl (C=O) groups is 3.